The van der Waals surface area contributed by atoms with E-state index in [4.69, 9.17) is 11.2 Å². The second kappa shape index (κ2) is 5.77. The molecule has 0 aliphatic heterocycles. The molecular weight excluding hydrogens is 208 g/mol. The van der Waals surface area contributed by atoms with Crippen LogP contribution in [0.1, 0.15) is 11.1 Å². The predicted octanol–water partition coefficient (Wildman–Crippen LogP) is 3.45. The minimum Gasteiger partial charge on any atom is -0.489 e. The van der Waals surface area contributed by atoms with Crippen molar-refractivity contribution in [1.29, 1.82) is 0 Å². The smallest absolute Gasteiger partial charge is 0.124 e. The third kappa shape index (κ3) is 3.12. The maximum atomic E-state index is 5.75. The summed E-state index contributed by atoms with van der Waals surface area (Å²) in [7, 11) is 0. The Bertz CT molecular complexity index is 509. The molecule has 0 atom stereocenters. The fourth-order valence-electron chi connectivity index (χ4n) is 1.56. The van der Waals surface area contributed by atoms with Crippen molar-refractivity contribution in [3.8, 4) is 18.1 Å². The summed E-state index contributed by atoms with van der Waals surface area (Å²) in [5.74, 6) is 3.33. The summed E-state index contributed by atoms with van der Waals surface area (Å²) >= 11 is 0. The molecule has 0 aromatic heterocycles. The quantitative estimate of drug-likeness (QED) is 0.718. The molecular formula is C16H13O. The maximum Gasteiger partial charge on any atom is 0.124 e. The lowest BCUT2D eigenvalue weighted by Gasteiger charge is -2.09. The van der Waals surface area contributed by atoms with Gasteiger partial charge in [0.25, 0.3) is 0 Å². The van der Waals surface area contributed by atoms with Crippen LogP contribution in [0.4, 0.5) is 0 Å². The lowest BCUT2D eigenvalue weighted by Crippen LogP contribution is -1.97. The summed E-state index contributed by atoms with van der Waals surface area (Å²) < 4.78 is 5.75. The van der Waals surface area contributed by atoms with Crippen LogP contribution in [-0.2, 0) is 6.61 Å². The Morgan fingerprint density at radius 2 is 1.71 bits per heavy atom. The maximum absolute atomic E-state index is 5.75. The Labute approximate surface area is 102 Å². The Morgan fingerprint density at radius 1 is 1.00 bits per heavy atom. The van der Waals surface area contributed by atoms with Gasteiger partial charge in [-0.3, -0.25) is 0 Å². The van der Waals surface area contributed by atoms with E-state index in [0.29, 0.717) is 6.61 Å². The average molecular weight is 221 g/mol. The highest BCUT2D eigenvalue weighted by molar-refractivity contribution is 5.43. The van der Waals surface area contributed by atoms with Crippen molar-refractivity contribution in [3.63, 3.8) is 0 Å². The van der Waals surface area contributed by atoms with Gasteiger partial charge in [0.1, 0.15) is 12.4 Å². The Kier molecular flexibility index (Phi) is 3.83. The van der Waals surface area contributed by atoms with E-state index in [1.807, 2.05) is 54.6 Å². The SMILES string of the molecule is C#C[CH]c1ccccc1OCc1ccccc1. The van der Waals surface area contributed by atoms with Gasteiger partial charge < -0.3 is 4.74 Å². The van der Waals surface area contributed by atoms with E-state index in [2.05, 4.69) is 5.92 Å². The second-order valence-electron chi connectivity index (χ2n) is 3.62. The standard InChI is InChI=1S/C16H13O/c1-2-8-15-11-6-7-12-16(15)17-13-14-9-4-3-5-10-14/h1,3-12H,13H2. The molecule has 0 heterocycles. The molecule has 0 saturated heterocycles. The van der Waals surface area contributed by atoms with Crippen molar-refractivity contribution in [1.82, 2.24) is 0 Å². The van der Waals surface area contributed by atoms with E-state index in [1.165, 1.54) is 0 Å². The molecule has 0 unspecified atom stereocenters. The molecule has 0 spiro atoms. The highest BCUT2D eigenvalue weighted by atomic mass is 16.5. The van der Waals surface area contributed by atoms with Crippen LogP contribution in [0.2, 0.25) is 0 Å². The largest absolute Gasteiger partial charge is 0.489 e. The topological polar surface area (TPSA) is 9.23 Å². The normalized spacial score (nSPS) is 9.59. The fraction of sp³-hybridized carbons (Fsp3) is 0.0625. The van der Waals surface area contributed by atoms with Crippen molar-refractivity contribution >= 4 is 0 Å². The van der Waals surface area contributed by atoms with Gasteiger partial charge in [0.2, 0.25) is 0 Å². The highest BCUT2D eigenvalue weighted by Crippen LogP contribution is 2.20. The molecule has 2 aromatic carbocycles. The van der Waals surface area contributed by atoms with Gasteiger partial charge in [-0.2, -0.15) is 0 Å². The number of ether oxygens (including phenoxy) is 1. The third-order valence-corrected chi connectivity index (χ3v) is 2.40. The van der Waals surface area contributed by atoms with E-state index in [0.717, 1.165) is 16.9 Å². The van der Waals surface area contributed by atoms with Crippen LogP contribution in [0, 0.1) is 18.8 Å². The molecule has 1 nitrogen and oxygen atoms in total. The Balaban J connectivity index is 2.07. The molecule has 0 amide bonds. The lowest BCUT2D eigenvalue weighted by molar-refractivity contribution is 0.305. The van der Waals surface area contributed by atoms with Crippen LogP contribution in [0.5, 0.6) is 5.75 Å². The summed E-state index contributed by atoms with van der Waals surface area (Å²) in [6.07, 6.45) is 6.98. The van der Waals surface area contributed by atoms with E-state index in [9.17, 15) is 0 Å². The van der Waals surface area contributed by atoms with Gasteiger partial charge in [0.05, 0.1) is 6.42 Å². The first kappa shape index (κ1) is 11.3. The zero-order valence-electron chi connectivity index (χ0n) is 9.47. The van der Waals surface area contributed by atoms with Crippen LogP contribution in [0.3, 0.4) is 0 Å². The first-order valence-corrected chi connectivity index (χ1v) is 5.45. The van der Waals surface area contributed by atoms with Crippen molar-refractivity contribution in [2.45, 2.75) is 6.61 Å². The average Bonchev–Trinajstić information content (AvgIpc) is 2.39. The van der Waals surface area contributed by atoms with E-state index in [-0.39, 0.29) is 0 Å². The van der Waals surface area contributed by atoms with Gasteiger partial charge in [-0.25, -0.2) is 0 Å². The molecule has 0 bridgehead atoms. The number of para-hydroxylation sites is 1. The molecule has 0 aliphatic rings. The first-order chi connectivity index (χ1) is 8.40. The van der Waals surface area contributed by atoms with Crippen LogP contribution < -0.4 is 4.74 Å². The first-order valence-electron chi connectivity index (χ1n) is 5.45. The summed E-state index contributed by atoms with van der Waals surface area (Å²) in [5.41, 5.74) is 2.08. The number of benzene rings is 2. The molecule has 2 rings (SSSR count). The number of hydrogen-bond acceptors (Lipinski definition) is 1. The molecule has 0 fully saturated rings. The molecule has 0 N–H and O–H groups in total. The van der Waals surface area contributed by atoms with Crippen LogP contribution in [-0.4, -0.2) is 0 Å². The molecule has 0 saturated carbocycles. The van der Waals surface area contributed by atoms with Gasteiger partial charge in [-0.1, -0.05) is 54.5 Å². The fourth-order valence-corrected chi connectivity index (χ4v) is 1.56. The zero-order valence-corrected chi connectivity index (χ0v) is 9.47. The van der Waals surface area contributed by atoms with Crippen LogP contribution in [0.25, 0.3) is 0 Å². The van der Waals surface area contributed by atoms with E-state index >= 15 is 0 Å². The molecule has 83 valence electrons. The zero-order chi connectivity index (χ0) is 11.9. The number of rotatable bonds is 4. The summed E-state index contributed by atoms with van der Waals surface area (Å²) in [4.78, 5) is 0. The van der Waals surface area contributed by atoms with Crippen molar-refractivity contribution in [2.75, 3.05) is 0 Å². The third-order valence-electron chi connectivity index (χ3n) is 2.40. The molecule has 1 heteroatoms. The number of hydrogen-bond donors (Lipinski definition) is 0. The highest BCUT2D eigenvalue weighted by Gasteiger charge is 2.01. The van der Waals surface area contributed by atoms with Crippen LogP contribution >= 0.6 is 0 Å². The summed E-state index contributed by atoms with van der Waals surface area (Å²) in [5, 5.41) is 0. The van der Waals surface area contributed by atoms with Crippen LogP contribution in [0.15, 0.2) is 54.6 Å². The second-order valence-corrected chi connectivity index (χ2v) is 3.62. The number of terminal acetylenes is 1. The Morgan fingerprint density at radius 3 is 2.47 bits per heavy atom. The van der Waals surface area contributed by atoms with Gasteiger partial charge in [0.15, 0.2) is 0 Å². The summed E-state index contributed by atoms with van der Waals surface area (Å²) in [6, 6.07) is 17.8. The van der Waals surface area contributed by atoms with Crippen molar-refractivity contribution in [2.24, 2.45) is 0 Å². The van der Waals surface area contributed by atoms with Gasteiger partial charge in [-0.15, -0.1) is 6.42 Å². The van der Waals surface area contributed by atoms with E-state index in [1.54, 1.807) is 6.42 Å². The Hall–Kier alpha value is -2.20. The van der Waals surface area contributed by atoms with Crippen molar-refractivity contribution < 1.29 is 4.74 Å². The van der Waals surface area contributed by atoms with Gasteiger partial charge in [-0.05, 0) is 11.6 Å². The minimum atomic E-state index is 0.552. The van der Waals surface area contributed by atoms with Gasteiger partial charge >= 0.3 is 0 Å². The van der Waals surface area contributed by atoms with E-state index < -0.39 is 0 Å². The lowest BCUT2D eigenvalue weighted by atomic mass is 10.1. The monoisotopic (exact) mass is 221 g/mol. The molecule has 2 aromatic rings. The molecule has 17 heavy (non-hydrogen) atoms. The minimum absolute atomic E-state index is 0.552. The summed E-state index contributed by atoms with van der Waals surface area (Å²) in [6.45, 7) is 0.552. The molecule has 1 radical (unpaired) electrons. The predicted molar refractivity (Wildman–Crippen MR) is 69.5 cm³/mol. The molecule has 0 aliphatic carbocycles. The van der Waals surface area contributed by atoms with Crippen molar-refractivity contribution in [3.05, 3.63) is 72.1 Å². The van der Waals surface area contributed by atoms with Gasteiger partial charge in [0, 0.05) is 5.56 Å².